The van der Waals surface area contributed by atoms with Gasteiger partial charge in [-0.1, -0.05) is 37.9 Å². The van der Waals surface area contributed by atoms with Crippen LogP contribution in [0.25, 0.3) is 0 Å². The summed E-state index contributed by atoms with van der Waals surface area (Å²) in [6.07, 6.45) is 3.96. The van der Waals surface area contributed by atoms with Crippen LogP contribution in [0.3, 0.4) is 0 Å². The molecule has 3 heteroatoms. The molecule has 1 aliphatic rings. The van der Waals surface area contributed by atoms with E-state index in [4.69, 9.17) is 11.6 Å². The van der Waals surface area contributed by atoms with Gasteiger partial charge in [0.25, 0.3) is 0 Å². The van der Waals surface area contributed by atoms with Crippen molar-refractivity contribution in [3.63, 3.8) is 0 Å². The fourth-order valence-corrected chi connectivity index (χ4v) is 3.53. The van der Waals surface area contributed by atoms with Crippen molar-refractivity contribution in [3.8, 4) is 0 Å². The summed E-state index contributed by atoms with van der Waals surface area (Å²) >= 11 is 6.47. The molecule has 1 aliphatic heterocycles. The average Bonchev–Trinajstić information content (AvgIpc) is 2.88. The van der Waals surface area contributed by atoms with E-state index in [0.717, 1.165) is 17.5 Å². The van der Waals surface area contributed by atoms with Gasteiger partial charge in [0.1, 0.15) is 0 Å². The van der Waals surface area contributed by atoms with Gasteiger partial charge in [0, 0.05) is 29.8 Å². The van der Waals surface area contributed by atoms with Crippen molar-refractivity contribution in [2.24, 2.45) is 5.92 Å². The van der Waals surface area contributed by atoms with Gasteiger partial charge in [-0.3, -0.25) is 0 Å². The third-order valence-corrected chi connectivity index (χ3v) is 4.64. The Kier molecular flexibility index (Phi) is 5.74. The molecule has 1 N–H and O–H groups in total. The molecule has 0 aliphatic carbocycles. The summed E-state index contributed by atoms with van der Waals surface area (Å²) in [5, 5.41) is 4.30. The van der Waals surface area contributed by atoms with Crippen LogP contribution in [0.2, 0.25) is 5.02 Å². The van der Waals surface area contributed by atoms with Crippen LogP contribution in [0, 0.1) is 5.92 Å². The van der Waals surface area contributed by atoms with Crippen LogP contribution in [0.4, 0.5) is 5.69 Å². The van der Waals surface area contributed by atoms with Crippen LogP contribution in [0.15, 0.2) is 18.2 Å². The van der Waals surface area contributed by atoms with Gasteiger partial charge in [0.2, 0.25) is 0 Å². The third kappa shape index (κ3) is 3.67. The lowest BCUT2D eigenvalue weighted by atomic mass is 10.0. The van der Waals surface area contributed by atoms with Crippen LogP contribution in [0.5, 0.6) is 0 Å². The number of hydrogen-bond acceptors (Lipinski definition) is 2. The lowest BCUT2D eigenvalue weighted by molar-refractivity contribution is 0.530. The Labute approximate surface area is 128 Å². The summed E-state index contributed by atoms with van der Waals surface area (Å²) in [7, 11) is 0. The predicted octanol–water partition coefficient (Wildman–Crippen LogP) is 4.64. The lowest BCUT2D eigenvalue weighted by Crippen LogP contribution is -2.21. The zero-order valence-corrected chi connectivity index (χ0v) is 13.7. The number of halogens is 1. The molecule has 0 aromatic heterocycles. The number of nitrogens with zero attached hydrogens (tertiary/aromatic N) is 1. The Morgan fingerprint density at radius 1 is 1.40 bits per heavy atom. The third-order valence-electron chi connectivity index (χ3n) is 4.31. The fourth-order valence-electron chi connectivity index (χ4n) is 3.19. The molecule has 2 rings (SSSR count). The second kappa shape index (κ2) is 7.33. The van der Waals surface area contributed by atoms with Crippen LogP contribution in [0.1, 0.15) is 51.6 Å². The molecule has 1 heterocycles. The SMILES string of the molecule is CCCC1CCN(c2ccc(C(C)NCC)c(Cl)c2)C1. The van der Waals surface area contributed by atoms with E-state index in [2.05, 4.69) is 49.2 Å². The first-order valence-corrected chi connectivity index (χ1v) is 8.31. The molecule has 0 bridgehead atoms. The summed E-state index contributed by atoms with van der Waals surface area (Å²) < 4.78 is 0. The molecule has 0 spiro atoms. The topological polar surface area (TPSA) is 15.3 Å². The highest BCUT2D eigenvalue weighted by Crippen LogP contribution is 2.31. The van der Waals surface area contributed by atoms with Gasteiger partial charge >= 0.3 is 0 Å². The second-order valence-electron chi connectivity index (χ2n) is 5.87. The summed E-state index contributed by atoms with van der Waals surface area (Å²) in [6.45, 7) is 9.88. The number of nitrogens with one attached hydrogen (secondary N) is 1. The van der Waals surface area contributed by atoms with Crippen LogP contribution >= 0.6 is 11.6 Å². The molecule has 0 radical (unpaired) electrons. The first-order chi connectivity index (χ1) is 9.65. The molecule has 0 amide bonds. The minimum atomic E-state index is 0.313. The van der Waals surface area contributed by atoms with Crippen molar-refractivity contribution in [2.75, 3.05) is 24.5 Å². The maximum atomic E-state index is 6.47. The first-order valence-electron chi connectivity index (χ1n) is 7.93. The van der Waals surface area contributed by atoms with Gasteiger partial charge in [-0.2, -0.15) is 0 Å². The van der Waals surface area contributed by atoms with E-state index < -0.39 is 0 Å². The molecule has 2 nitrogen and oxygen atoms in total. The summed E-state index contributed by atoms with van der Waals surface area (Å²) in [5.41, 5.74) is 2.47. The molecule has 1 aromatic rings. The molecule has 112 valence electrons. The zero-order valence-electron chi connectivity index (χ0n) is 13.0. The Morgan fingerprint density at radius 3 is 2.85 bits per heavy atom. The van der Waals surface area contributed by atoms with Gasteiger partial charge in [-0.15, -0.1) is 0 Å². The molecular weight excluding hydrogens is 268 g/mol. The van der Waals surface area contributed by atoms with E-state index in [1.165, 1.54) is 43.6 Å². The molecule has 20 heavy (non-hydrogen) atoms. The maximum Gasteiger partial charge on any atom is 0.0474 e. The summed E-state index contributed by atoms with van der Waals surface area (Å²) in [5.74, 6) is 0.860. The van der Waals surface area contributed by atoms with Gasteiger partial charge in [-0.05, 0) is 49.9 Å². The smallest absolute Gasteiger partial charge is 0.0474 e. The van der Waals surface area contributed by atoms with E-state index in [0.29, 0.717) is 6.04 Å². The zero-order chi connectivity index (χ0) is 14.5. The minimum absolute atomic E-state index is 0.313. The van der Waals surface area contributed by atoms with E-state index in [9.17, 15) is 0 Å². The van der Waals surface area contributed by atoms with Crippen molar-refractivity contribution < 1.29 is 0 Å². The molecule has 1 aromatic carbocycles. The van der Waals surface area contributed by atoms with Crippen LogP contribution in [-0.2, 0) is 0 Å². The van der Waals surface area contributed by atoms with E-state index in [-0.39, 0.29) is 0 Å². The number of benzene rings is 1. The normalized spacial score (nSPS) is 20.4. The monoisotopic (exact) mass is 294 g/mol. The first kappa shape index (κ1) is 15.7. The van der Waals surface area contributed by atoms with Crippen molar-refractivity contribution in [2.45, 2.75) is 46.1 Å². The van der Waals surface area contributed by atoms with Gasteiger partial charge < -0.3 is 10.2 Å². The Morgan fingerprint density at radius 2 is 2.20 bits per heavy atom. The quantitative estimate of drug-likeness (QED) is 0.822. The largest absolute Gasteiger partial charge is 0.371 e. The molecule has 2 unspecified atom stereocenters. The molecule has 1 fully saturated rings. The summed E-state index contributed by atoms with van der Waals surface area (Å²) in [6, 6.07) is 6.86. The van der Waals surface area contributed by atoms with E-state index >= 15 is 0 Å². The highest BCUT2D eigenvalue weighted by Gasteiger charge is 2.22. The van der Waals surface area contributed by atoms with Crippen molar-refractivity contribution in [3.05, 3.63) is 28.8 Å². The van der Waals surface area contributed by atoms with Crippen LogP contribution < -0.4 is 10.2 Å². The van der Waals surface area contributed by atoms with Crippen LogP contribution in [-0.4, -0.2) is 19.6 Å². The van der Waals surface area contributed by atoms with Crippen molar-refractivity contribution >= 4 is 17.3 Å². The predicted molar refractivity (Wildman–Crippen MR) is 88.8 cm³/mol. The average molecular weight is 295 g/mol. The second-order valence-corrected chi connectivity index (χ2v) is 6.28. The molecular formula is C17H27ClN2. The number of anilines is 1. The molecule has 0 saturated carbocycles. The highest BCUT2D eigenvalue weighted by atomic mass is 35.5. The van der Waals surface area contributed by atoms with Gasteiger partial charge in [-0.25, -0.2) is 0 Å². The fraction of sp³-hybridized carbons (Fsp3) is 0.647. The number of rotatable bonds is 6. The standard InChI is InChI=1S/C17H27ClN2/c1-4-6-14-9-10-20(12-14)15-7-8-16(17(18)11-15)13(3)19-5-2/h7-8,11,13-14,19H,4-6,9-10,12H2,1-3H3. The lowest BCUT2D eigenvalue weighted by Gasteiger charge is -2.21. The highest BCUT2D eigenvalue weighted by molar-refractivity contribution is 6.31. The Hall–Kier alpha value is -0.730. The van der Waals surface area contributed by atoms with Gasteiger partial charge in [0.15, 0.2) is 0 Å². The minimum Gasteiger partial charge on any atom is -0.371 e. The molecule has 2 atom stereocenters. The van der Waals surface area contributed by atoms with Crippen molar-refractivity contribution in [1.82, 2.24) is 5.32 Å². The van der Waals surface area contributed by atoms with E-state index in [1.54, 1.807) is 0 Å². The number of hydrogen-bond donors (Lipinski definition) is 1. The maximum absolute atomic E-state index is 6.47. The Balaban J connectivity index is 2.06. The van der Waals surface area contributed by atoms with E-state index in [1.807, 2.05) is 0 Å². The van der Waals surface area contributed by atoms with Crippen molar-refractivity contribution in [1.29, 1.82) is 0 Å². The van der Waals surface area contributed by atoms with Gasteiger partial charge in [0.05, 0.1) is 0 Å². The Bertz CT molecular complexity index is 433. The molecule has 1 saturated heterocycles. The summed E-state index contributed by atoms with van der Waals surface area (Å²) in [4.78, 5) is 2.48.